The van der Waals surface area contributed by atoms with Gasteiger partial charge >= 0.3 is 0 Å². The first-order valence-electron chi connectivity index (χ1n) is 12.6. The second-order valence-electron chi connectivity index (χ2n) is 9.96. The van der Waals surface area contributed by atoms with E-state index in [0.717, 1.165) is 61.0 Å². The van der Waals surface area contributed by atoms with Crippen molar-refractivity contribution in [3.63, 3.8) is 0 Å². The standard InChI is InChI=1S/C27H31Cl2N7O/c1-16(25-33-22-8-7-17(28)12-24(22)34-25)32-26-20-13-21(29)19(14-23(20)30-15-31-26)27(37)36-10-5-4-6-18(36)9-11-35(2)3/h7-8,12-16,18H,4-6,9-11H2,1-3H3,(H,33,34)(H,30,31,32)/t16-,18-/m1/s1. The molecule has 2 N–H and O–H groups in total. The third-order valence-electron chi connectivity index (χ3n) is 6.98. The minimum atomic E-state index is -0.171. The summed E-state index contributed by atoms with van der Waals surface area (Å²) in [5, 5.41) is 5.20. The van der Waals surface area contributed by atoms with Crippen LogP contribution in [0.3, 0.4) is 0 Å². The summed E-state index contributed by atoms with van der Waals surface area (Å²) >= 11 is 12.8. The van der Waals surface area contributed by atoms with E-state index in [1.807, 2.05) is 30.0 Å². The lowest BCUT2D eigenvalue weighted by Gasteiger charge is -2.36. The fraction of sp³-hybridized carbons (Fsp3) is 0.407. The second-order valence-corrected chi connectivity index (χ2v) is 10.8. The summed E-state index contributed by atoms with van der Waals surface area (Å²) in [6, 6.07) is 9.20. The van der Waals surface area contributed by atoms with Gasteiger partial charge in [-0.3, -0.25) is 4.79 Å². The number of carbonyl (C=O) groups excluding carboxylic acids is 1. The van der Waals surface area contributed by atoms with Crippen molar-refractivity contribution in [1.82, 2.24) is 29.7 Å². The van der Waals surface area contributed by atoms with Gasteiger partial charge in [-0.15, -0.1) is 0 Å². The number of nitrogens with one attached hydrogen (secondary N) is 2. The molecule has 0 unspecified atom stereocenters. The number of hydrogen-bond acceptors (Lipinski definition) is 6. The van der Waals surface area contributed by atoms with Crippen LogP contribution in [0, 0.1) is 0 Å². The molecule has 1 amide bonds. The van der Waals surface area contributed by atoms with Crippen molar-refractivity contribution in [2.45, 2.75) is 44.7 Å². The Morgan fingerprint density at radius 1 is 1.19 bits per heavy atom. The lowest BCUT2D eigenvalue weighted by atomic mass is 9.97. The van der Waals surface area contributed by atoms with Crippen molar-refractivity contribution in [3.05, 3.63) is 58.1 Å². The lowest BCUT2D eigenvalue weighted by molar-refractivity contribution is 0.0591. The number of benzene rings is 2. The highest BCUT2D eigenvalue weighted by molar-refractivity contribution is 6.35. The first-order chi connectivity index (χ1) is 17.8. The van der Waals surface area contributed by atoms with Gasteiger partial charge < -0.3 is 20.1 Å². The third kappa shape index (κ3) is 5.51. The van der Waals surface area contributed by atoms with Crippen molar-refractivity contribution in [2.75, 3.05) is 32.5 Å². The zero-order valence-electron chi connectivity index (χ0n) is 21.3. The minimum Gasteiger partial charge on any atom is -0.360 e. The monoisotopic (exact) mass is 539 g/mol. The summed E-state index contributed by atoms with van der Waals surface area (Å²) in [5.74, 6) is 1.35. The summed E-state index contributed by atoms with van der Waals surface area (Å²) in [6.45, 7) is 3.69. The van der Waals surface area contributed by atoms with Gasteiger partial charge in [0.2, 0.25) is 0 Å². The van der Waals surface area contributed by atoms with E-state index in [9.17, 15) is 4.79 Å². The molecule has 0 bridgehead atoms. The van der Waals surface area contributed by atoms with Crippen LogP contribution in [0.1, 0.15) is 54.8 Å². The van der Waals surface area contributed by atoms with Crippen LogP contribution < -0.4 is 5.32 Å². The molecule has 2 aromatic heterocycles. The van der Waals surface area contributed by atoms with E-state index in [4.69, 9.17) is 23.2 Å². The Hall–Kier alpha value is -2.94. The molecule has 2 aromatic carbocycles. The van der Waals surface area contributed by atoms with E-state index in [-0.39, 0.29) is 18.0 Å². The Labute approximate surface area is 226 Å². The molecule has 2 atom stereocenters. The van der Waals surface area contributed by atoms with Crippen LogP contribution in [0.15, 0.2) is 36.7 Å². The van der Waals surface area contributed by atoms with Gasteiger partial charge in [-0.05, 0) is 83.6 Å². The number of likely N-dealkylation sites (tertiary alicyclic amines) is 1. The molecular formula is C27H31Cl2N7O. The number of H-pyrrole nitrogens is 1. The molecule has 0 radical (unpaired) electrons. The largest absolute Gasteiger partial charge is 0.360 e. The molecule has 1 fully saturated rings. The van der Waals surface area contributed by atoms with E-state index in [1.54, 1.807) is 12.1 Å². The number of carbonyl (C=O) groups is 1. The van der Waals surface area contributed by atoms with E-state index in [0.29, 0.717) is 26.9 Å². The van der Waals surface area contributed by atoms with Crippen molar-refractivity contribution >= 4 is 56.9 Å². The van der Waals surface area contributed by atoms with Crippen LogP contribution in [0.25, 0.3) is 21.9 Å². The number of aromatic nitrogens is 4. The molecule has 4 aromatic rings. The van der Waals surface area contributed by atoms with Gasteiger partial charge in [0.15, 0.2) is 0 Å². The molecular weight excluding hydrogens is 509 g/mol. The lowest BCUT2D eigenvalue weighted by Crippen LogP contribution is -2.45. The summed E-state index contributed by atoms with van der Waals surface area (Å²) in [4.78, 5) is 34.7. The Balaban J connectivity index is 1.40. The molecule has 8 nitrogen and oxygen atoms in total. The van der Waals surface area contributed by atoms with Gasteiger partial charge in [0, 0.05) is 23.0 Å². The summed E-state index contributed by atoms with van der Waals surface area (Å²) < 4.78 is 0. The number of piperidine rings is 1. The van der Waals surface area contributed by atoms with Gasteiger partial charge in [-0.1, -0.05) is 23.2 Å². The molecule has 0 spiro atoms. The molecule has 1 saturated heterocycles. The van der Waals surface area contributed by atoms with Crippen LogP contribution >= 0.6 is 23.2 Å². The average Bonchev–Trinajstić information content (AvgIpc) is 3.31. The SMILES string of the molecule is C[C@@H](Nc1ncnc2cc(C(=O)N3CCCC[C@@H]3CCN(C)C)c(Cl)cc12)c1nc2cc(Cl)ccc2[nH]1. The number of fused-ring (bicyclic) bond motifs is 2. The van der Waals surface area contributed by atoms with Gasteiger partial charge in [-0.25, -0.2) is 15.0 Å². The summed E-state index contributed by atoms with van der Waals surface area (Å²) in [6.07, 6.45) is 5.63. The molecule has 3 heterocycles. The predicted molar refractivity (Wildman–Crippen MR) is 150 cm³/mol. The molecule has 1 aliphatic heterocycles. The molecule has 37 heavy (non-hydrogen) atoms. The number of halogens is 2. The van der Waals surface area contributed by atoms with E-state index in [2.05, 4.69) is 44.2 Å². The number of anilines is 1. The summed E-state index contributed by atoms with van der Waals surface area (Å²) in [7, 11) is 4.12. The second kappa shape index (κ2) is 10.8. The highest BCUT2D eigenvalue weighted by atomic mass is 35.5. The molecule has 10 heteroatoms. The first-order valence-corrected chi connectivity index (χ1v) is 13.4. The maximum atomic E-state index is 13.6. The number of nitrogens with zero attached hydrogens (tertiary/aromatic N) is 5. The predicted octanol–water partition coefficient (Wildman–Crippen LogP) is 5.93. The highest BCUT2D eigenvalue weighted by Crippen LogP contribution is 2.31. The maximum Gasteiger partial charge on any atom is 0.255 e. The number of rotatable bonds is 7. The van der Waals surface area contributed by atoms with Gasteiger partial charge in [0.25, 0.3) is 5.91 Å². The van der Waals surface area contributed by atoms with Crippen LogP contribution in [-0.2, 0) is 0 Å². The number of aromatic amines is 1. The van der Waals surface area contributed by atoms with E-state index in [1.165, 1.54) is 6.33 Å². The number of imidazole rings is 1. The topological polar surface area (TPSA) is 90.0 Å². The zero-order valence-corrected chi connectivity index (χ0v) is 22.8. The zero-order chi connectivity index (χ0) is 26.1. The quantitative estimate of drug-likeness (QED) is 0.302. The summed E-state index contributed by atoms with van der Waals surface area (Å²) in [5.41, 5.74) is 2.86. The fourth-order valence-corrected chi connectivity index (χ4v) is 5.37. The Morgan fingerprint density at radius 2 is 2.03 bits per heavy atom. The Kier molecular flexibility index (Phi) is 7.51. The van der Waals surface area contributed by atoms with Crippen LogP contribution in [0.5, 0.6) is 0 Å². The van der Waals surface area contributed by atoms with Crippen molar-refractivity contribution < 1.29 is 4.79 Å². The third-order valence-corrected chi connectivity index (χ3v) is 7.53. The van der Waals surface area contributed by atoms with Crippen LogP contribution in [0.4, 0.5) is 5.82 Å². The van der Waals surface area contributed by atoms with Crippen molar-refractivity contribution in [2.24, 2.45) is 0 Å². The minimum absolute atomic E-state index is 0.0298. The smallest absolute Gasteiger partial charge is 0.255 e. The Morgan fingerprint density at radius 3 is 2.84 bits per heavy atom. The van der Waals surface area contributed by atoms with Crippen LogP contribution in [0.2, 0.25) is 10.0 Å². The van der Waals surface area contributed by atoms with Crippen molar-refractivity contribution in [3.8, 4) is 0 Å². The number of amides is 1. The fourth-order valence-electron chi connectivity index (χ4n) is 4.96. The van der Waals surface area contributed by atoms with E-state index >= 15 is 0 Å². The Bertz CT molecular complexity index is 1440. The van der Waals surface area contributed by atoms with Crippen molar-refractivity contribution in [1.29, 1.82) is 0 Å². The van der Waals surface area contributed by atoms with E-state index < -0.39 is 0 Å². The number of hydrogen-bond donors (Lipinski definition) is 2. The van der Waals surface area contributed by atoms with Crippen LogP contribution in [-0.4, -0.2) is 68.9 Å². The van der Waals surface area contributed by atoms with Gasteiger partial charge in [0.1, 0.15) is 18.0 Å². The normalized spacial score (nSPS) is 17.0. The molecule has 1 aliphatic rings. The molecule has 0 saturated carbocycles. The molecule has 0 aliphatic carbocycles. The van der Waals surface area contributed by atoms with Gasteiger partial charge in [-0.2, -0.15) is 0 Å². The first kappa shape index (κ1) is 25.7. The molecule has 194 valence electrons. The average molecular weight is 540 g/mol. The highest BCUT2D eigenvalue weighted by Gasteiger charge is 2.29. The maximum absolute atomic E-state index is 13.6. The molecule has 5 rings (SSSR count). The van der Waals surface area contributed by atoms with Gasteiger partial charge in [0.05, 0.1) is 33.2 Å².